The van der Waals surface area contributed by atoms with Crippen LogP contribution >= 0.6 is 12.6 Å². The fourth-order valence-corrected chi connectivity index (χ4v) is 6.08. The van der Waals surface area contributed by atoms with E-state index in [1.807, 2.05) is 0 Å². The van der Waals surface area contributed by atoms with Crippen molar-refractivity contribution in [2.24, 2.45) is 0 Å². The standard InChI is InChI=1S/C17H38O3SSi/c1-15(2)18-22(19-16(3)4,20-17(5)6)14-12-10-8-7-9-11-13-21/h15-17,21H,7-14H2,1-6H3. The summed E-state index contributed by atoms with van der Waals surface area (Å²) in [6.07, 6.45) is 7.87. The maximum atomic E-state index is 6.19. The van der Waals surface area contributed by atoms with Crippen molar-refractivity contribution in [2.45, 2.75) is 104 Å². The lowest BCUT2D eigenvalue weighted by atomic mass is 10.1. The third-order valence-corrected chi connectivity index (χ3v) is 6.91. The minimum Gasteiger partial charge on any atom is -0.371 e. The minimum atomic E-state index is -2.57. The van der Waals surface area contributed by atoms with E-state index in [1.54, 1.807) is 0 Å². The molecule has 0 amide bonds. The topological polar surface area (TPSA) is 27.7 Å². The van der Waals surface area contributed by atoms with Gasteiger partial charge in [-0.05, 0) is 60.1 Å². The Bertz CT molecular complexity index is 234. The summed E-state index contributed by atoms with van der Waals surface area (Å²) in [6, 6.07) is 0.925. The Morgan fingerprint density at radius 2 is 1.00 bits per heavy atom. The maximum Gasteiger partial charge on any atom is 0.501 e. The number of unbranched alkanes of at least 4 members (excludes halogenated alkanes) is 5. The molecule has 0 aliphatic rings. The summed E-state index contributed by atoms with van der Waals surface area (Å²) in [5.74, 6) is 1.00. The van der Waals surface area contributed by atoms with Gasteiger partial charge in [0.1, 0.15) is 0 Å². The summed E-state index contributed by atoms with van der Waals surface area (Å²) in [6.45, 7) is 12.4. The van der Waals surface area contributed by atoms with Crippen LogP contribution in [-0.2, 0) is 13.3 Å². The van der Waals surface area contributed by atoms with Crippen molar-refractivity contribution in [3.05, 3.63) is 0 Å². The normalized spacial score (nSPS) is 12.8. The van der Waals surface area contributed by atoms with E-state index in [4.69, 9.17) is 13.3 Å². The molecule has 22 heavy (non-hydrogen) atoms. The van der Waals surface area contributed by atoms with E-state index in [0.29, 0.717) is 0 Å². The van der Waals surface area contributed by atoms with Gasteiger partial charge >= 0.3 is 8.80 Å². The summed E-state index contributed by atoms with van der Waals surface area (Å²) < 4.78 is 18.6. The molecule has 0 heterocycles. The smallest absolute Gasteiger partial charge is 0.371 e. The molecule has 0 spiro atoms. The van der Waals surface area contributed by atoms with Crippen LogP contribution in [0.3, 0.4) is 0 Å². The Kier molecular flexibility index (Phi) is 13.1. The Labute approximate surface area is 145 Å². The first-order chi connectivity index (χ1) is 10.3. The highest BCUT2D eigenvalue weighted by Gasteiger charge is 2.43. The fourth-order valence-electron chi connectivity index (χ4n) is 2.50. The third kappa shape index (κ3) is 11.9. The zero-order valence-corrected chi connectivity index (χ0v) is 17.5. The molecule has 0 unspecified atom stereocenters. The van der Waals surface area contributed by atoms with E-state index < -0.39 is 8.80 Å². The maximum absolute atomic E-state index is 6.19. The van der Waals surface area contributed by atoms with Gasteiger partial charge in [-0.15, -0.1) is 0 Å². The van der Waals surface area contributed by atoms with Gasteiger partial charge in [-0.25, -0.2) is 0 Å². The van der Waals surface area contributed by atoms with Gasteiger partial charge < -0.3 is 13.3 Å². The minimum absolute atomic E-state index is 0.138. The van der Waals surface area contributed by atoms with Gasteiger partial charge in [0.05, 0.1) is 0 Å². The van der Waals surface area contributed by atoms with E-state index in [9.17, 15) is 0 Å². The van der Waals surface area contributed by atoms with Crippen molar-refractivity contribution in [1.29, 1.82) is 0 Å². The van der Waals surface area contributed by atoms with Crippen LogP contribution in [0.1, 0.15) is 80.1 Å². The summed E-state index contributed by atoms with van der Waals surface area (Å²) in [5, 5.41) is 0. The molecule has 0 aromatic carbocycles. The second kappa shape index (κ2) is 12.8. The zero-order chi connectivity index (χ0) is 17.0. The average molecular weight is 351 g/mol. The molecule has 0 aromatic heterocycles. The lowest BCUT2D eigenvalue weighted by Crippen LogP contribution is -2.50. The fraction of sp³-hybridized carbons (Fsp3) is 1.00. The molecule has 0 rings (SSSR count). The highest BCUT2D eigenvalue weighted by Crippen LogP contribution is 2.25. The molecule has 3 nitrogen and oxygen atoms in total. The van der Waals surface area contributed by atoms with Crippen molar-refractivity contribution in [3.8, 4) is 0 Å². The molecule has 0 fully saturated rings. The van der Waals surface area contributed by atoms with Crippen LogP contribution in [0.25, 0.3) is 0 Å². The quantitative estimate of drug-likeness (QED) is 0.256. The summed E-state index contributed by atoms with van der Waals surface area (Å²) in [5.41, 5.74) is 0. The molecule has 0 saturated carbocycles. The monoisotopic (exact) mass is 350 g/mol. The van der Waals surface area contributed by atoms with Gasteiger partial charge in [-0.3, -0.25) is 0 Å². The molecular weight excluding hydrogens is 312 g/mol. The lowest BCUT2D eigenvalue weighted by Gasteiger charge is -2.34. The Balaban J connectivity index is 4.41. The number of thiol groups is 1. The summed E-state index contributed by atoms with van der Waals surface area (Å²) >= 11 is 4.25. The Hall–Kier alpha value is 0.447. The van der Waals surface area contributed by atoms with Crippen molar-refractivity contribution < 1.29 is 13.3 Å². The van der Waals surface area contributed by atoms with E-state index in [2.05, 4.69) is 54.2 Å². The van der Waals surface area contributed by atoms with Gasteiger partial charge in [-0.2, -0.15) is 12.6 Å². The van der Waals surface area contributed by atoms with Crippen molar-refractivity contribution >= 4 is 21.4 Å². The van der Waals surface area contributed by atoms with Crippen molar-refractivity contribution in [2.75, 3.05) is 5.75 Å². The van der Waals surface area contributed by atoms with E-state index in [-0.39, 0.29) is 18.3 Å². The molecule has 0 saturated heterocycles. The SMILES string of the molecule is CC(C)O[Si](CCCCCCCCS)(OC(C)C)OC(C)C. The molecule has 0 atom stereocenters. The van der Waals surface area contributed by atoms with Crippen LogP contribution < -0.4 is 0 Å². The average Bonchev–Trinajstić information content (AvgIpc) is 2.35. The summed E-state index contributed by atoms with van der Waals surface area (Å²) in [4.78, 5) is 0. The van der Waals surface area contributed by atoms with Crippen LogP contribution in [-0.4, -0.2) is 32.9 Å². The highest BCUT2D eigenvalue weighted by atomic mass is 32.1. The van der Waals surface area contributed by atoms with Crippen LogP contribution in [0.5, 0.6) is 0 Å². The molecule has 134 valence electrons. The van der Waals surface area contributed by atoms with E-state index >= 15 is 0 Å². The zero-order valence-electron chi connectivity index (χ0n) is 15.6. The lowest BCUT2D eigenvalue weighted by molar-refractivity contribution is 0.00278. The second-order valence-electron chi connectivity index (χ2n) is 6.78. The number of hydrogen-bond acceptors (Lipinski definition) is 4. The van der Waals surface area contributed by atoms with Crippen LogP contribution in [0, 0.1) is 0 Å². The molecule has 0 aliphatic carbocycles. The van der Waals surface area contributed by atoms with Gasteiger partial charge in [-0.1, -0.05) is 25.7 Å². The first-order valence-corrected chi connectivity index (χ1v) is 11.5. The molecular formula is C17H38O3SSi. The van der Waals surface area contributed by atoms with Gasteiger partial charge in [0, 0.05) is 24.4 Å². The molecule has 0 N–H and O–H groups in total. The van der Waals surface area contributed by atoms with Crippen molar-refractivity contribution in [3.63, 3.8) is 0 Å². The molecule has 0 aromatic rings. The predicted molar refractivity (Wildman–Crippen MR) is 101 cm³/mol. The van der Waals surface area contributed by atoms with Crippen molar-refractivity contribution in [1.82, 2.24) is 0 Å². The van der Waals surface area contributed by atoms with Gasteiger partial charge in [0.2, 0.25) is 0 Å². The van der Waals surface area contributed by atoms with Gasteiger partial charge in [0.25, 0.3) is 0 Å². The van der Waals surface area contributed by atoms with E-state index in [1.165, 1.54) is 32.1 Å². The second-order valence-corrected chi connectivity index (χ2v) is 9.80. The Morgan fingerprint density at radius 1 is 0.636 bits per heavy atom. The van der Waals surface area contributed by atoms with Crippen LogP contribution in [0.4, 0.5) is 0 Å². The summed E-state index contributed by atoms with van der Waals surface area (Å²) in [7, 11) is -2.57. The van der Waals surface area contributed by atoms with Crippen LogP contribution in [0.15, 0.2) is 0 Å². The molecule has 0 bridgehead atoms. The first-order valence-electron chi connectivity index (χ1n) is 8.95. The number of hydrogen-bond donors (Lipinski definition) is 1. The van der Waals surface area contributed by atoms with E-state index in [0.717, 1.165) is 18.2 Å². The predicted octanol–water partition coefficient (Wildman–Crippen LogP) is 5.47. The number of rotatable bonds is 14. The highest BCUT2D eigenvalue weighted by molar-refractivity contribution is 7.80. The first kappa shape index (κ1) is 22.4. The molecule has 5 heteroatoms. The third-order valence-electron chi connectivity index (χ3n) is 3.14. The largest absolute Gasteiger partial charge is 0.501 e. The van der Waals surface area contributed by atoms with Crippen LogP contribution in [0.2, 0.25) is 6.04 Å². The van der Waals surface area contributed by atoms with Gasteiger partial charge in [0.15, 0.2) is 0 Å². The Morgan fingerprint density at radius 3 is 1.36 bits per heavy atom. The molecule has 0 aliphatic heterocycles. The molecule has 0 radical (unpaired) electrons.